The van der Waals surface area contributed by atoms with E-state index in [1.807, 2.05) is 31.2 Å². The molecule has 0 fully saturated rings. The Labute approximate surface area is 98.1 Å². The van der Waals surface area contributed by atoms with Crippen LogP contribution in [0.25, 0.3) is 11.0 Å². The van der Waals surface area contributed by atoms with Crippen molar-refractivity contribution in [2.45, 2.75) is 6.92 Å². The number of aryl methyl sites for hydroxylation is 1. The molecule has 0 radical (unpaired) electrons. The van der Waals surface area contributed by atoms with E-state index in [0.29, 0.717) is 0 Å². The molecule has 1 aromatic carbocycles. The van der Waals surface area contributed by atoms with Crippen molar-refractivity contribution in [3.05, 3.63) is 36.1 Å². The van der Waals surface area contributed by atoms with E-state index in [9.17, 15) is 0 Å². The molecule has 0 atom stereocenters. The predicted molar refractivity (Wildman–Crippen MR) is 45.5 cm³/mol. The normalized spacial score (nSPS) is 8.75. The predicted octanol–water partition coefficient (Wildman–Crippen LogP) is -0.835. The Bertz CT molecular complexity index is 323. The van der Waals surface area contributed by atoms with Crippen LogP contribution in [-0.4, -0.2) is 23.1 Å². The fourth-order valence-electron chi connectivity index (χ4n) is 1.04. The second-order valence-electron chi connectivity index (χ2n) is 2.31. The number of furan rings is 1. The van der Waals surface area contributed by atoms with Gasteiger partial charge in [-0.1, -0.05) is 6.07 Å². The second kappa shape index (κ2) is 4.89. The standard InChI is InChI=1S/C9H7O.BrH.Mg/c1-7-6-8-4-2-3-5-9(8)10-7;;/h2-3,5-6H,1H3;1H;/q-1;;+2/p-1. The van der Waals surface area contributed by atoms with E-state index in [2.05, 4.69) is 6.07 Å². The van der Waals surface area contributed by atoms with Crippen LogP contribution in [-0.2, 0) is 0 Å². The fourth-order valence-corrected chi connectivity index (χ4v) is 1.04. The van der Waals surface area contributed by atoms with E-state index in [4.69, 9.17) is 4.42 Å². The Balaban J connectivity index is 0.000000605. The maximum atomic E-state index is 5.34. The number of halogens is 1. The smallest absolute Gasteiger partial charge is 1.00 e. The van der Waals surface area contributed by atoms with Gasteiger partial charge < -0.3 is 21.4 Å². The second-order valence-corrected chi connectivity index (χ2v) is 2.31. The van der Waals surface area contributed by atoms with Crippen molar-refractivity contribution in [1.82, 2.24) is 0 Å². The summed E-state index contributed by atoms with van der Waals surface area (Å²) < 4.78 is 5.34. The molecule has 2 aromatic rings. The molecule has 1 heterocycles. The summed E-state index contributed by atoms with van der Waals surface area (Å²) in [5, 5.41) is 1.06. The molecular formula is C9H7BrMgO. The van der Waals surface area contributed by atoms with Crippen molar-refractivity contribution in [2.75, 3.05) is 0 Å². The molecule has 0 bridgehead atoms. The van der Waals surface area contributed by atoms with Crippen LogP contribution in [0, 0.1) is 13.0 Å². The van der Waals surface area contributed by atoms with Crippen LogP contribution in [0.15, 0.2) is 28.7 Å². The summed E-state index contributed by atoms with van der Waals surface area (Å²) >= 11 is 0. The largest absolute Gasteiger partial charge is 2.00 e. The molecule has 0 amide bonds. The zero-order valence-electron chi connectivity index (χ0n) is 6.80. The molecule has 0 N–H and O–H groups in total. The van der Waals surface area contributed by atoms with Crippen molar-refractivity contribution in [3.63, 3.8) is 0 Å². The van der Waals surface area contributed by atoms with Crippen LogP contribution in [0.4, 0.5) is 0 Å². The van der Waals surface area contributed by atoms with Crippen molar-refractivity contribution in [1.29, 1.82) is 0 Å². The number of hydrogen-bond donors (Lipinski definition) is 0. The molecule has 0 saturated carbocycles. The van der Waals surface area contributed by atoms with Crippen LogP contribution in [0.5, 0.6) is 0 Å². The van der Waals surface area contributed by atoms with Crippen LogP contribution in [0.2, 0.25) is 0 Å². The Morgan fingerprint density at radius 2 is 2.17 bits per heavy atom. The molecule has 0 unspecified atom stereocenters. The third-order valence-electron chi connectivity index (χ3n) is 1.47. The van der Waals surface area contributed by atoms with Gasteiger partial charge in [0.15, 0.2) is 0 Å². The molecule has 0 aliphatic heterocycles. The summed E-state index contributed by atoms with van der Waals surface area (Å²) in [6, 6.07) is 10.8. The number of rotatable bonds is 0. The first-order valence-electron chi connectivity index (χ1n) is 3.23. The van der Waals surface area contributed by atoms with Gasteiger partial charge in [-0.2, -0.15) is 0 Å². The first-order chi connectivity index (χ1) is 4.86. The van der Waals surface area contributed by atoms with Gasteiger partial charge in [0.25, 0.3) is 0 Å². The van der Waals surface area contributed by atoms with Gasteiger partial charge in [0, 0.05) is 11.3 Å². The molecule has 1 nitrogen and oxygen atoms in total. The minimum Gasteiger partial charge on any atom is -1.00 e. The SMILES string of the molecule is Cc1cc2[c-]cccc2o1.[Br-].[Mg+2]. The van der Waals surface area contributed by atoms with Gasteiger partial charge in [-0.25, -0.2) is 0 Å². The van der Waals surface area contributed by atoms with E-state index >= 15 is 0 Å². The van der Waals surface area contributed by atoms with Crippen LogP contribution in [0.1, 0.15) is 5.76 Å². The summed E-state index contributed by atoms with van der Waals surface area (Å²) in [7, 11) is 0. The van der Waals surface area contributed by atoms with E-state index in [1.54, 1.807) is 0 Å². The van der Waals surface area contributed by atoms with Gasteiger partial charge in [0.2, 0.25) is 0 Å². The topological polar surface area (TPSA) is 13.1 Å². The summed E-state index contributed by atoms with van der Waals surface area (Å²) in [4.78, 5) is 0. The summed E-state index contributed by atoms with van der Waals surface area (Å²) in [5.41, 5.74) is 0.917. The van der Waals surface area contributed by atoms with E-state index < -0.39 is 0 Å². The Morgan fingerprint density at radius 1 is 1.42 bits per heavy atom. The average molecular weight is 235 g/mol. The van der Waals surface area contributed by atoms with E-state index in [0.717, 1.165) is 16.7 Å². The number of hydrogen-bond acceptors (Lipinski definition) is 1. The summed E-state index contributed by atoms with van der Waals surface area (Å²) in [6.45, 7) is 1.94. The van der Waals surface area contributed by atoms with Crippen LogP contribution < -0.4 is 17.0 Å². The molecule has 3 heteroatoms. The van der Waals surface area contributed by atoms with Crippen molar-refractivity contribution < 1.29 is 21.4 Å². The molecule has 0 aliphatic carbocycles. The minimum absolute atomic E-state index is 0. The maximum absolute atomic E-state index is 5.34. The zero-order chi connectivity index (χ0) is 6.97. The van der Waals surface area contributed by atoms with E-state index in [1.165, 1.54) is 0 Å². The van der Waals surface area contributed by atoms with E-state index in [-0.39, 0.29) is 40.0 Å². The van der Waals surface area contributed by atoms with Crippen LogP contribution >= 0.6 is 0 Å². The number of benzene rings is 1. The van der Waals surface area contributed by atoms with Gasteiger partial charge >= 0.3 is 23.1 Å². The average Bonchev–Trinajstić information content (AvgIpc) is 2.27. The first kappa shape index (κ1) is 12.0. The minimum atomic E-state index is 0. The molecular weight excluding hydrogens is 228 g/mol. The molecule has 0 spiro atoms. The monoisotopic (exact) mass is 234 g/mol. The third kappa shape index (κ3) is 2.25. The van der Waals surface area contributed by atoms with Gasteiger partial charge in [0.1, 0.15) is 0 Å². The molecule has 1 aromatic heterocycles. The first-order valence-corrected chi connectivity index (χ1v) is 3.23. The molecule has 12 heavy (non-hydrogen) atoms. The van der Waals surface area contributed by atoms with Gasteiger partial charge in [-0.05, 0) is 6.92 Å². The quantitative estimate of drug-likeness (QED) is 0.429. The van der Waals surface area contributed by atoms with Gasteiger partial charge in [-0.15, -0.1) is 29.7 Å². The summed E-state index contributed by atoms with van der Waals surface area (Å²) in [5.74, 6) is 0.942. The van der Waals surface area contributed by atoms with Gasteiger partial charge in [0.05, 0.1) is 0 Å². The summed E-state index contributed by atoms with van der Waals surface area (Å²) in [6.07, 6.45) is 0. The molecule has 2 rings (SSSR count). The Hall–Kier alpha value is 0.00623. The number of fused-ring (bicyclic) bond motifs is 1. The van der Waals surface area contributed by atoms with Crippen molar-refractivity contribution >= 4 is 34.0 Å². The maximum Gasteiger partial charge on any atom is 2.00 e. The molecule has 0 aliphatic rings. The van der Waals surface area contributed by atoms with Crippen LogP contribution in [0.3, 0.4) is 0 Å². The third-order valence-corrected chi connectivity index (χ3v) is 1.47. The van der Waals surface area contributed by atoms with Gasteiger partial charge in [-0.3, -0.25) is 0 Å². The fraction of sp³-hybridized carbons (Fsp3) is 0.111. The van der Waals surface area contributed by atoms with Crippen molar-refractivity contribution in [3.8, 4) is 0 Å². The molecule has 58 valence electrons. The zero-order valence-corrected chi connectivity index (χ0v) is 9.80. The van der Waals surface area contributed by atoms with Crippen molar-refractivity contribution in [2.24, 2.45) is 0 Å². The molecule has 0 saturated heterocycles. The Morgan fingerprint density at radius 3 is 2.83 bits per heavy atom. The Kier molecular flexibility index (Phi) is 4.90.